The highest BCUT2D eigenvalue weighted by Gasteiger charge is 2.39. The largest absolute Gasteiger partial charge is 0.573 e. The normalized spacial score (nSPS) is 13.0. The summed E-state index contributed by atoms with van der Waals surface area (Å²) in [5, 5.41) is 0. The Morgan fingerprint density at radius 3 is 1.92 bits per heavy atom. The van der Waals surface area contributed by atoms with E-state index in [1.54, 1.807) is 0 Å². The summed E-state index contributed by atoms with van der Waals surface area (Å²) in [6, 6.07) is 3.41. The zero-order chi connectivity index (χ0) is 19.0. The molecule has 0 atom stereocenters. The fourth-order valence-corrected chi connectivity index (χ4v) is 1.91. The lowest BCUT2D eigenvalue weighted by Gasteiger charge is -2.16. The third-order valence-electron chi connectivity index (χ3n) is 2.83. The number of benzene rings is 1. The molecule has 0 spiro atoms. The molecule has 0 amide bonds. The summed E-state index contributed by atoms with van der Waals surface area (Å²) < 4.78 is 117. The van der Waals surface area contributed by atoms with E-state index < -0.39 is 47.0 Å². The number of hydrogen-bond donors (Lipinski definition) is 0. The Balaban J connectivity index is 2.62. The number of pyridine rings is 1. The molecule has 1 aromatic heterocycles. The Kier molecular flexibility index (Phi) is 4.62. The highest BCUT2D eigenvalue weighted by atomic mass is 19.4. The average molecular weight is 375 g/mol. The molecule has 136 valence electrons. The summed E-state index contributed by atoms with van der Waals surface area (Å²) >= 11 is 0. The summed E-state index contributed by atoms with van der Waals surface area (Å²) in [4.78, 5) is 2.94. The van der Waals surface area contributed by atoms with Crippen LogP contribution in [0.25, 0.3) is 11.3 Å². The maximum absolute atomic E-state index is 13.0. The quantitative estimate of drug-likeness (QED) is 0.630. The Hall–Kier alpha value is -2.46. The van der Waals surface area contributed by atoms with Crippen LogP contribution in [0.1, 0.15) is 11.3 Å². The number of hydrogen-bond acceptors (Lipinski definition) is 2. The number of halogens is 9. The van der Waals surface area contributed by atoms with Crippen molar-refractivity contribution in [3.63, 3.8) is 0 Å². The molecule has 1 aromatic carbocycles. The molecule has 0 aliphatic rings. The second-order valence-electron chi connectivity index (χ2n) is 4.66. The van der Waals surface area contributed by atoms with E-state index in [-0.39, 0.29) is 12.1 Å². The van der Waals surface area contributed by atoms with E-state index in [0.717, 1.165) is 18.2 Å². The molecule has 2 aromatic rings. The van der Waals surface area contributed by atoms with Crippen LogP contribution in [0, 0.1) is 0 Å². The molecular formula is C14H6F9NO. The van der Waals surface area contributed by atoms with Gasteiger partial charge in [0.05, 0.1) is 11.3 Å². The maximum atomic E-state index is 13.0. The van der Waals surface area contributed by atoms with Crippen molar-refractivity contribution in [1.82, 2.24) is 4.98 Å². The van der Waals surface area contributed by atoms with Gasteiger partial charge < -0.3 is 4.74 Å². The van der Waals surface area contributed by atoms with Crippen molar-refractivity contribution in [2.24, 2.45) is 0 Å². The fraction of sp³-hybridized carbons (Fsp3) is 0.214. The number of aromatic nitrogens is 1. The van der Waals surface area contributed by atoms with Gasteiger partial charge in [-0.2, -0.15) is 26.3 Å². The molecule has 0 bridgehead atoms. The summed E-state index contributed by atoms with van der Waals surface area (Å²) in [5.74, 6) is -0.891. The van der Waals surface area contributed by atoms with Crippen molar-refractivity contribution in [1.29, 1.82) is 0 Å². The lowest BCUT2D eigenvalue weighted by atomic mass is 10.0. The zero-order valence-corrected chi connectivity index (χ0v) is 11.7. The van der Waals surface area contributed by atoms with Gasteiger partial charge in [0, 0.05) is 5.56 Å². The Morgan fingerprint density at radius 1 is 0.760 bits per heavy atom. The van der Waals surface area contributed by atoms with Gasteiger partial charge in [-0.25, -0.2) is 4.98 Å². The molecule has 0 aliphatic heterocycles. The molecule has 0 saturated heterocycles. The first-order valence-corrected chi connectivity index (χ1v) is 6.29. The van der Waals surface area contributed by atoms with E-state index in [9.17, 15) is 39.5 Å². The minimum Gasteiger partial charge on any atom is -0.406 e. The van der Waals surface area contributed by atoms with Gasteiger partial charge in [0.15, 0.2) is 0 Å². The second-order valence-corrected chi connectivity index (χ2v) is 4.66. The van der Waals surface area contributed by atoms with Gasteiger partial charge in [-0.05, 0) is 24.3 Å². The van der Waals surface area contributed by atoms with E-state index >= 15 is 0 Å². The molecule has 1 heterocycles. The summed E-state index contributed by atoms with van der Waals surface area (Å²) in [7, 11) is 0. The highest BCUT2D eigenvalue weighted by molar-refractivity contribution is 5.65. The average Bonchev–Trinajstić information content (AvgIpc) is 2.43. The van der Waals surface area contributed by atoms with Gasteiger partial charge in [0.25, 0.3) is 0 Å². The smallest absolute Gasteiger partial charge is 0.406 e. The van der Waals surface area contributed by atoms with Crippen molar-refractivity contribution < 1.29 is 44.3 Å². The van der Waals surface area contributed by atoms with Gasteiger partial charge >= 0.3 is 18.7 Å². The molecule has 0 N–H and O–H groups in total. The van der Waals surface area contributed by atoms with Gasteiger partial charge in [0.1, 0.15) is 11.4 Å². The van der Waals surface area contributed by atoms with Crippen molar-refractivity contribution in [2.75, 3.05) is 0 Å². The lowest BCUT2D eigenvalue weighted by Crippen LogP contribution is -2.17. The van der Waals surface area contributed by atoms with Crippen molar-refractivity contribution >= 4 is 0 Å². The standard InChI is InChI=1S/C14H6F9NO/c15-12(16,17)9-4-5-10(13(18,19)20)24-11(9)7-2-1-3-8(6-7)25-14(21,22)23/h1-6H. The number of nitrogens with zero attached hydrogens (tertiary/aromatic N) is 1. The second kappa shape index (κ2) is 6.12. The van der Waals surface area contributed by atoms with Crippen LogP contribution < -0.4 is 4.74 Å². The van der Waals surface area contributed by atoms with Crippen LogP contribution in [0.2, 0.25) is 0 Å². The maximum Gasteiger partial charge on any atom is 0.573 e. The van der Waals surface area contributed by atoms with Crippen LogP contribution in [0.15, 0.2) is 36.4 Å². The van der Waals surface area contributed by atoms with Crippen LogP contribution in [-0.2, 0) is 12.4 Å². The first-order chi connectivity index (χ1) is 11.3. The Bertz CT molecular complexity index is 762. The first kappa shape index (κ1) is 18.9. The van der Waals surface area contributed by atoms with E-state index in [1.807, 2.05) is 0 Å². The van der Waals surface area contributed by atoms with E-state index in [0.29, 0.717) is 6.07 Å². The van der Waals surface area contributed by atoms with Crippen molar-refractivity contribution in [3.05, 3.63) is 47.7 Å². The fourth-order valence-electron chi connectivity index (χ4n) is 1.91. The molecular weight excluding hydrogens is 369 g/mol. The van der Waals surface area contributed by atoms with Crippen LogP contribution >= 0.6 is 0 Å². The molecule has 25 heavy (non-hydrogen) atoms. The summed E-state index contributed by atoms with van der Waals surface area (Å²) in [5.41, 5.74) is -4.91. The molecule has 0 saturated carbocycles. The minimum absolute atomic E-state index is 0.141. The molecule has 2 rings (SSSR count). The molecule has 0 aliphatic carbocycles. The van der Waals surface area contributed by atoms with E-state index in [2.05, 4.69) is 9.72 Å². The van der Waals surface area contributed by atoms with E-state index in [4.69, 9.17) is 0 Å². The number of rotatable bonds is 2. The highest BCUT2D eigenvalue weighted by Crippen LogP contribution is 2.39. The summed E-state index contributed by atoms with van der Waals surface area (Å²) in [6.07, 6.45) is -15.2. The molecule has 0 fully saturated rings. The predicted molar refractivity (Wildman–Crippen MR) is 66.4 cm³/mol. The van der Waals surface area contributed by atoms with E-state index in [1.165, 1.54) is 0 Å². The van der Waals surface area contributed by atoms with Gasteiger partial charge in [-0.15, -0.1) is 13.2 Å². The molecule has 2 nitrogen and oxygen atoms in total. The third-order valence-corrected chi connectivity index (χ3v) is 2.83. The molecule has 0 radical (unpaired) electrons. The monoisotopic (exact) mass is 375 g/mol. The SMILES string of the molecule is FC(F)(F)Oc1cccc(-c2nc(C(F)(F)F)ccc2C(F)(F)F)c1. The predicted octanol–water partition coefficient (Wildman–Crippen LogP) is 5.68. The Morgan fingerprint density at radius 2 is 1.40 bits per heavy atom. The van der Waals surface area contributed by atoms with Gasteiger partial charge in [0.2, 0.25) is 0 Å². The number of alkyl halides is 9. The van der Waals surface area contributed by atoms with Crippen LogP contribution in [-0.4, -0.2) is 11.3 Å². The molecule has 0 unspecified atom stereocenters. The first-order valence-electron chi connectivity index (χ1n) is 6.29. The van der Waals surface area contributed by atoms with Crippen molar-refractivity contribution in [2.45, 2.75) is 18.7 Å². The zero-order valence-electron chi connectivity index (χ0n) is 11.7. The van der Waals surface area contributed by atoms with Crippen LogP contribution in [0.4, 0.5) is 39.5 Å². The number of ether oxygens (including phenoxy) is 1. The van der Waals surface area contributed by atoms with Crippen molar-refractivity contribution in [3.8, 4) is 17.0 Å². The van der Waals surface area contributed by atoms with Gasteiger partial charge in [-0.1, -0.05) is 12.1 Å². The summed E-state index contributed by atoms with van der Waals surface area (Å²) in [6.45, 7) is 0. The lowest BCUT2D eigenvalue weighted by molar-refractivity contribution is -0.274. The third kappa shape index (κ3) is 4.77. The van der Waals surface area contributed by atoms with Gasteiger partial charge in [-0.3, -0.25) is 0 Å². The topological polar surface area (TPSA) is 22.1 Å². The molecule has 11 heteroatoms. The minimum atomic E-state index is -5.12. The van der Waals surface area contributed by atoms with Crippen LogP contribution in [0.5, 0.6) is 5.75 Å². The Labute approximate surface area is 133 Å². The van der Waals surface area contributed by atoms with Crippen LogP contribution in [0.3, 0.4) is 0 Å².